The summed E-state index contributed by atoms with van der Waals surface area (Å²) >= 11 is 0. The van der Waals surface area contributed by atoms with Crippen LogP contribution in [0.25, 0.3) is 0 Å². The predicted octanol–water partition coefficient (Wildman–Crippen LogP) is 0.321. The van der Waals surface area contributed by atoms with E-state index in [0.717, 1.165) is 38.8 Å². The Morgan fingerprint density at radius 2 is 1.68 bits per heavy atom. The van der Waals surface area contributed by atoms with E-state index >= 15 is 0 Å². The van der Waals surface area contributed by atoms with Crippen molar-refractivity contribution in [1.82, 2.24) is 14.7 Å². The first-order valence-electron chi connectivity index (χ1n) is 8.53. The van der Waals surface area contributed by atoms with Crippen LogP contribution in [0.4, 0.5) is 0 Å². The van der Waals surface area contributed by atoms with E-state index in [-0.39, 0.29) is 11.8 Å². The van der Waals surface area contributed by atoms with Gasteiger partial charge in [0.1, 0.15) is 0 Å². The van der Waals surface area contributed by atoms with Crippen LogP contribution in [0.15, 0.2) is 0 Å². The first kappa shape index (κ1) is 15.7. The second-order valence-electron chi connectivity index (χ2n) is 6.60. The Labute approximate surface area is 132 Å². The van der Waals surface area contributed by atoms with E-state index in [9.17, 15) is 9.59 Å². The minimum atomic E-state index is 0.175. The third-order valence-electron chi connectivity index (χ3n) is 5.26. The zero-order valence-electron chi connectivity index (χ0n) is 13.5. The minimum Gasteiger partial charge on any atom is -0.378 e. The molecule has 22 heavy (non-hydrogen) atoms. The molecule has 0 saturated carbocycles. The van der Waals surface area contributed by atoms with Gasteiger partial charge in [0, 0.05) is 38.6 Å². The lowest BCUT2D eigenvalue weighted by atomic mass is 10.0. The zero-order valence-corrected chi connectivity index (χ0v) is 13.5. The number of hydrogen-bond acceptors (Lipinski definition) is 4. The average Bonchev–Trinajstić information content (AvgIpc) is 3.16. The molecule has 2 amide bonds. The molecule has 0 radical (unpaired) electrons. The van der Waals surface area contributed by atoms with Crippen LogP contribution >= 0.6 is 0 Å². The summed E-state index contributed by atoms with van der Waals surface area (Å²) < 4.78 is 5.31. The fourth-order valence-electron chi connectivity index (χ4n) is 4.15. The highest BCUT2D eigenvalue weighted by molar-refractivity contribution is 5.78. The Morgan fingerprint density at radius 1 is 1.00 bits per heavy atom. The summed E-state index contributed by atoms with van der Waals surface area (Å²) in [7, 11) is 0. The molecule has 0 spiro atoms. The molecule has 2 atom stereocenters. The van der Waals surface area contributed by atoms with E-state index in [1.165, 1.54) is 0 Å². The number of carbonyl (C=O) groups is 2. The van der Waals surface area contributed by atoms with Gasteiger partial charge in [-0.15, -0.1) is 0 Å². The monoisotopic (exact) mass is 309 g/mol. The Kier molecular flexibility index (Phi) is 4.98. The fourth-order valence-corrected chi connectivity index (χ4v) is 4.15. The lowest BCUT2D eigenvalue weighted by Crippen LogP contribution is -2.51. The molecule has 124 valence electrons. The van der Waals surface area contributed by atoms with Gasteiger partial charge in [0.05, 0.1) is 19.8 Å². The lowest BCUT2D eigenvalue weighted by molar-refractivity contribution is -0.137. The van der Waals surface area contributed by atoms with Crippen LogP contribution in [0.2, 0.25) is 0 Å². The standard InChI is InChI=1S/C16H27N3O3/c1-13(20)19-7-3-5-15(19)14-4-2-6-18(14)12-16(21)17-8-10-22-11-9-17/h14-15H,2-12H2,1H3/t14-,15+/m1/s1. The van der Waals surface area contributed by atoms with Crippen molar-refractivity contribution in [1.29, 1.82) is 0 Å². The summed E-state index contributed by atoms with van der Waals surface area (Å²) in [5.74, 6) is 0.386. The average molecular weight is 309 g/mol. The maximum atomic E-state index is 12.5. The van der Waals surface area contributed by atoms with E-state index in [1.807, 2.05) is 9.80 Å². The third kappa shape index (κ3) is 3.27. The molecular formula is C16H27N3O3. The van der Waals surface area contributed by atoms with Crippen molar-refractivity contribution < 1.29 is 14.3 Å². The van der Waals surface area contributed by atoms with Crippen molar-refractivity contribution in [2.45, 2.75) is 44.7 Å². The van der Waals surface area contributed by atoms with Gasteiger partial charge in [-0.05, 0) is 32.2 Å². The highest BCUT2D eigenvalue weighted by atomic mass is 16.5. The molecule has 0 aliphatic carbocycles. The Balaban J connectivity index is 1.60. The number of amides is 2. The predicted molar refractivity (Wildman–Crippen MR) is 82.4 cm³/mol. The zero-order chi connectivity index (χ0) is 15.5. The highest BCUT2D eigenvalue weighted by Crippen LogP contribution is 2.30. The molecule has 3 aliphatic rings. The van der Waals surface area contributed by atoms with Gasteiger partial charge in [0.25, 0.3) is 0 Å². The van der Waals surface area contributed by atoms with E-state index in [4.69, 9.17) is 4.74 Å². The molecule has 0 bridgehead atoms. The van der Waals surface area contributed by atoms with E-state index in [1.54, 1.807) is 6.92 Å². The molecule has 3 heterocycles. The largest absolute Gasteiger partial charge is 0.378 e. The van der Waals surface area contributed by atoms with Gasteiger partial charge >= 0.3 is 0 Å². The molecule has 0 aromatic carbocycles. The summed E-state index contributed by atoms with van der Waals surface area (Å²) in [5, 5.41) is 0. The van der Waals surface area contributed by atoms with Crippen molar-refractivity contribution >= 4 is 11.8 Å². The van der Waals surface area contributed by atoms with Crippen LogP contribution in [0, 0.1) is 0 Å². The van der Waals surface area contributed by atoms with Crippen LogP contribution in [0.5, 0.6) is 0 Å². The Bertz CT molecular complexity index is 423. The van der Waals surface area contributed by atoms with Gasteiger partial charge in [0.2, 0.25) is 11.8 Å². The Hall–Kier alpha value is -1.14. The van der Waals surface area contributed by atoms with Gasteiger partial charge in [0.15, 0.2) is 0 Å². The molecular weight excluding hydrogens is 282 g/mol. The van der Waals surface area contributed by atoms with E-state index < -0.39 is 0 Å². The van der Waals surface area contributed by atoms with E-state index in [0.29, 0.717) is 44.9 Å². The summed E-state index contributed by atoms with van der Waals surface area (Å²) in [6, 6.07) is 0.661. The highest BCUT2D eigenvalue weighted by Gasteiger charge is 2.39. The quantitative estimate of drug-likeness (QED) is 0.753. The van der Waals surface area contributed by atoms with Crippen LogP contribution in [-0.2, 0) is 14.3 Å². The van der Waals surface area contributed by atoms with Gasteiger partial charge in [-0.25, -0.2) is 0 Å². The fraction of sp³-hybridized carbons (Fsp3) is 0.875. The van der Waals surface area contributed by atoms with Crippen LogP contribution in [0.1, 0.15) is 32.6 Å². The lowest BCUT2D eigenvalue weighted by Gasteiger charge is -2.35. The van der Waals surface area contributed by atoms with Gasteiger partial charge < -0.3 is 14.5 Å². The molecule has 3 aliphatic heterocycles. The first-order chi connectivity index (χ1) is 10.7. The molecule has 0 unspecified atom stereocenters. The maximum absolute atomic E-state index is 12.5. The number of morpholine rings is 1. The molecule has 0 N–H and O–H groups in total. The SMILES string of the molecule is CC(=O)N1CCC[C@H]1[C@H]1CCCN1CC(=O)N1CCOCC1. The molecule has 0 aromatic heterocycles. The first-order valence-corrected chi connectivity index (χ1v) is 8.53. The van der Waals surface area contributed by atoms with Crippen LogP contribution in [0.3, 0.4) is 0 Å². The number of nitrogens with zero attached hydrogens (tertiary/aromatic N) is 3. The molecule has 6 nitrogen and oxygen atoms in total. The summed E-state index contributed by atoms with van der Waals surface area (Å²) in [5.41, 5.74) is 0. The van der Waals surface area contributed by atoms with Crippen LogP contribution in [-0.4, -0.2) is 84.5 Å². The normalized spacial score (nSPS) is 30.0. The van der Waals surface area contributed by atoms with E-state index in [2.05, 4.69) is 4.90 Å². The van der Waals surface area contributed by atoms with Gasteiger partial charge in [-0.3, -0.25) is 14.5 Å². The molecule has 6 heteroatoms. The van der Waals surface area contributed by atoms with Crippen molar-refractivity contribution in [2.75, 3.05) is 45.9 Å². The number of likely N-dealkylation sites (tertiary alicyclic amines) is 2. The van der Waals surface area contributed by atoms with Crippen molar-refractivity contribution in [3.63, 3.8) is 0 Å². The maximum Gasteiger partial charge on any atom is 0.236 e. The van der Waals surface area contributed by atoms with Gasteiger partial charge in [-0.2, -0.15) is 0 Å². The smallest absolute Gasteiger partial charge is 0.236 e. The topological polar surface area (TPSA) is 53.1 Å². The summed E-state index contributed by atoms with van der Waals surface area (Å²) in [4.78, 5) is 30.5. The number of carbonyl (C=O) groups excluding carboxylic acids is 2. The van der Waals surface area contributed by atoms with Crippen molar-refractivity contribution in [2.24, 2.45) is 0 Å². The van der Waals surface area contributed by atoms with Crippen molar-refractivity contribution in [3.05, 3.63) is 0 Å². The second kappa shape index (κ2) is 6.96. The number of rotatable bonds is 3. The second-order valence-corrected chi connectivity index (χ2v) is 6.60. The summed E-state index contributed by atoms with van der Waals surface area (Å²) in [6.45, 7) is 6.72. The molecule has 3 saturated heterocycles. The van der Waals surface area contributed by atoms with Crippen LogP contribution < -0.4 is 0 Å². The number of ether oxygens (including phenoxy) is 1. The minimum absolute atomic E-state index is 0.175. The summed E-state index contributed by atoms with van der Waals surface area (Å²) in [6.07, 6.45) is 4.40. The molecule has 0 aromatic rings. The van der Waals surface area contributed by atoms with Gasteiger partial charge in [-0.1, -0.05) is 0 Å². The number of hydrogen-bond donors (Lipinski definition) is 0. The van der Waals surface area contributed by atoms with Crippen molar-refractivity contribution in [3.8, 4) is 0 Å². The third-order valence-corrected chi connectivity index (χ3v) is 5.26. The molecule has 3 rings (SSSR count). The molecule has 3 fully saturated rings. The Morgan fingerprint density at radius 3 is 2.41 bits per heavy atom.